The SMILES string of the molecule is C=CCOc1ccc(NC(=S)NC(=O)c2ccccc2Cl)cc1. The summed E-state index contributed by atoms with van der Waals surface area (Å²) in [5.41, 5.74) is 1.10. The minimum Gasteiger partial charge on any atom is -0.490 e. The van der Waals surface area contributed by atoms with Crippen molar-refractivity contribution in [1.29, 1.82) is 0 Å². The molecule has 118 valence electrons. The number of benzene rings is 2. The maximum absolute atomic E-state index is 12.1. The van der Waals surface area contributed by atoms with E-state index in [-0.39, 0.29) is 11.0 Å². The van der Waals surface area contributed by atoms with Gasteiger partial charge in [0.25, 0.3) is 5.91 Å². The predicted octanol–water partition coefficient (Wildman–Crippen LogP) is 4.03. The van der Waals surface area contributed by atoms with Crippen molar-refractivity contribution in [2.24, 2.45) is 0 Å². The molecule has 0 unspecified atom stereocenters. The van der Waals surface area contributed by atoms with E-state index in [4.69, 9.17) is 28.6 Å². The first kappa shape index (κ1) is 17.0. The first-order valence-corrected chi connectivity index (χ1v) is 7.59. The van der Waals surface area contributed by atoms with Gasteiger partial charge in [-0.25, -0.2) is 0 Å². The Morgan fingerprint density at radius 1 is 1.22 bits per heavy atom. The number of carbonyl (C=O) groups is 1. The molecule has 0 aliphatic rings. The van der Waals surface area contributed by atoms with Crippen LogP contribution in [-0.4, -0.2) is 17.6 Å². The first-order valence-electron chi connectivity index (χ1n) is 6.81. The molecule has 2 rings (SSSR count). The molecule has 0 saturated heterocycles. The van der Waals surface area contributed by atoms with Crippen LogP contribution >= 0.6 is 23.8 Å². The van der Waals surface area contributed by atoms with Crippen LogP contribution in [0.2, 0.25) is 5.02 Å². The van der Waals surface area contributed by atoms with E-state index in [0.29, 0.717) is 17.2 Å². The van der Waals surface area contributed by atoms with E-state index in [1.165, 1.54) is 0 Å². The maximum atomic E-state index is 12.1. The van der Waals surface area contributed by atoms with Gasteiger partial charge in [0.15, 0.2) is 5.11 Å². The number of halogens is 1. The molecule has 0 aliphatic carbocycles. The molecule has 0 heterocycles. The van der Waals surface area contributed by atoms with Crippen molar-refractivity contribution in [2.75, 3.05) is 11.9 Å². The van der Waals surface area contributed by atoms with Crippen molar-refractivity contribution < 1.29 is 9.53 Å². The number of anilines is 1. The molecule has 0 atom stereocenters. The zero-order chi connectivity index (χ0) is 16.7. The topological polar surface area (TPSA) is 50.4 Å². The van der Waals surface area contributed by atoms with Gasteiger partial charge in [-0.3, -0.25) is 10.1 Å². The average Bonchev–Trinajstić information content (AvgIpc) is 2.54. The van der Waals surface area contributed by atoms with Gasteiger partial charge in [-0.15, -0.1) is 0 Å². The number of hydrogen-bond acceptors (Lipinski definition) is 3. The lowest BCUT2D eigenvalue weighted by atomic mass is 10.2. The van der Waals surface area contributed by atoms with Crippen molar-refractivity contribution in [2.45, 2.75) is 0 Å². The van der Waals surface area contributed by atoms with Crippen molar-refractivity contribution in [3.8, 4) is 5.75 Å². The summed E-state index contributed by atoms with van der Waals surface area (Å²) < 4.78 is 5.39. The highest BCUT2D eigenvalue weighted by atomic mass is 35.5. The van der Waals surface area contributed by atoms with Gasteiger partial charge in [-0.05, 0) is 48.6 Å². The fourth-order valence-corrected chi connectivity index (χ4v) is 2.20. The Labute approximate surface area is 145 Å². The van der Waals surface area contributed by atoms with Crippen molar-refractivity contribution >= 4 is 40.5 Å². The minimum absolute atomic E-state index is 0.190. The summed E-state index contributed by atoms with van der Waals surface area (Å²) in [7, 11) is 0. The van der Waals surface area contributed by atoms with E-state index in [0.717, 1.165) is 11.4 Å². The standard InChI is InChI=1S/C17H15ClN2O2S/c1-2-11-22-13-9-7-12(8-10-13)19-17(23)20-16(21)14-5-3-4-6-15(14)18/h2-10H,1,11H2,(H2,19,20,21,23). The second-order valence-corrected chi connectivity index (χ2v) is 5.33. The van der Waals surface area contributed by atoms with Crippen LogP contribution in [0.1, 0.15) is 10.4 Å². The molecule has 4 nitrogen and oxygen atoms in total. The molecule has 0 fully saturated rings. The predicted molar refractivity (Wildman–Crippen MR) is 97.3 cm³/mol. The van der Waals surface area contributed by atoms with Crippen LogP contribution in [-0.2, 0) is 0 Å². The van der Waals surface area contributed by atoms with Gasteiger partial charge in [-0.2, -0.15) is 0 Å². The van der Waals surface area contributed by atoms with Gasteiger partial charge in [0.2, 0.25) is 0 Å². The molecule has 0 radical (unpaired) electrons. The number of rotatable bonds is 5. The first-order chi connectivity index (χ1) is 11.1. The van der Waals surface area contributed by atoms with E-state index in [2.05, 4.69) is 17.2 Å². The zero-order valence-electron chi connectivity index (χ0n) is 12.2. The molecule has 0 bridgehead atoms. The van der Waals surface area contributed by atoms with Crippen molar-refractivity contribution in [3.63, 3.8) is 0 Å². The molecule has 0 aromatic heterocycles. The smallest absolute Gasteiger partial charge is 0.258 e. The lowest BCUT2D eigenvalue weighted by Crippen LogP contribution is -2.34. The zero-order valence-corrected chi connectivity index (χ0v) is 13.8. The second kappa shape index (κ2) is 8.31. The van der Waals surface area contributed by atoms with E-state index in [1.54, 1.807) is 54.6 Å². The highest BCUT2D eigenvalue weighted by Crippen LogP contribution is 2.16. The molecular formula is C17H15ClN2O2S. The molecule has 2 N–H and O–H groups in total. The van der Waals surface area contributed by atoms with E-state index in [9.17, 15) is 4.79 Å². The largest absolute Gasteiger partial charge is 0.490 e. The Kier molecular flexibility index (Phi) is 6.14. The van der Waals surface area contributed by atoms with Gasteiger partial charge in [0.05, 0.1) is 10.6 Å². The fraction of sp³-hybridized carbons (Fsp3) is 0.0588. The fourth-order valence-electron chi connectivity index (χ4n) is 1.77. The number of ether oxygens (including phenoxy) is 1. The molecule has 1 amide bonds. The molecular weight excluding hydrogens is 332 g/mol. The van der Waals surface area contributed by atoms with Gasteiger partial charge < -0.3 is 10.1 Å². The number of carbonyl (C=O) groups excluding carboxylic acids is 1. The van der Waals surface area contributed by atoms with E-state index < -0.39 is 0 Å². The van der Waals surface area contributed by atoms with Gasteiger partial charge in [0, 0.05) is 5.69 Å². The van der Waals surface area contributed by atoms with Crippen LogP contribution in [0.25, 0.3) is 0 Å². The van der Waals surface area contributed by atoms with Crippen LogP contribution in [0, 0.1) is 0 Å². The van der Waals surface area contributed by atoms with Crippen LogP contribution in [0.4, 0.5) is 5.69 Å². The Morgan fingerprint density at radius 3 is 2.57 bits per heavy atom. The minimum atomic E-state index is -0.362. The lowest BCUT2D eigenvalue weighted by molar-refractivity contribution is 0.0978. The Bertz CT molecular complexity index is 717. The van der Waals surface area contributed by atoms with Crippen LogP contribution < -0.4 is 15.4 Å². The summed E-state index contributed by atoms with van der Waals surface area (Å²) >= 11 is 11.1. The highest BCUT2D eigenvalue weighted by Gasteiger charge is 2.11. The van der Waals surface area contributed by atoms with Crippen LogP contribution in [0.5, 0.6) is 5.75 Å². The van der Waals surface area contributed by atoms with Crippen LogP contribution in [0.3, 0.4) is 0 Å². The molecule has 23 heavy (non-hydrogen) atoms. The molecule has 2 aromatic carbocycles. The van der Waals surface area contributed by atoms with E-state index in [1.807, 2.05) is 0 Å². The molecule has 6 heteroatoms. The summed E-state index contributed by atoms with van der Waals surface area (Å²) in [6.07, 6.45) is 1.67. The number of nitrogens with one attached hydrogen (secondary N) is 2. The molecule has 2 aromatic rings. The monoisotopic (exact) mass is 346 g/mol. The van der Waals surface area contributed by atoms with Gasteiger partial charge in [0.1, 0.15) is 12.4 Å². The Balaban J connectivity index is 1.93. The van der Waals surface area contributed by atoms with Crippen LogP contribution in [0.15, 0.2) is 61.2 Å². The molecule has 0 aliphatic heterocycles. The quantitative estimate of drug-likeness (QED) is 0.634. The normalized spacial score (nSPS) is 9.78. The summed E-state index contributed by atoms with van der Waals surface area (Å²) in [6, 6.07) is 14.0. The summed E-state index contributed by atoms with van der Waals surface area (Å²) in [5, 5.41) is 6.07. The van der Waals surface area contributed by atoms with Crippen molar-refractivity contribution in [3.05, 3.63) is 71.8 Å². The van der Waals surface area contributed by atoms with E-state index >= 15 is 0 Å². The van der Waals surface area contributed by atoms with Crippen molar-refractivity contribution in [1.82, 2.24) is 5.32 Å². The average molecular weight is 347 g/mol. The summed E-state index contributed by atoms with van der Waals surface area (Å²) in [5.74, 6) is 0.362. The third-order valence-corrected chi connectivity index (χ3v) is 3.36. The molecule has 0 spiro atoms. The lowest BCUT2D eigenvalue weighted by Gasteiger charge is -2.11. The third kappa shape index (κ3) is 5.09. The highest BCUT2D eigenvalue weighted by molar-refractivity contribution is 7.80. The second-order valence-electron chi connectivity index (χ2n) is 4.51. The Morgan fingerprint density at radius 2 is 1.91 bits per heavy atom. The number of thiocarbonyl (C=S) groups is 1. The Hall–Kier alpha value is -2.37. The maximum Gasteiger partial charge on any atom is 0.258 e. The number of amides is 1. The summed E-state index contributed by atoms with van der Waals surface area (Å²) in [4.78, 5) is 12.1. The van der Waals surface area contributed by atoms with Gasteiger partial charge >= 0.3 is 0 Å². The van der Waals surface area contributed by atoms with Gasteiger partial charge in [-0.1, -0.05) is 36.4 Å². The number of hydrogen-bond donors (Lipinski definition) is 2. The molecule has 0 saturated carbocycles. The third-order valence-electron chi connectivity index (χ3n) is 2.83. The summed E-state index contributed by atoms with van der Waals surface area (Å²) in [6.45, 7) is 4.03.